The van der Waals surface area contributed by atoms with Gasteiger partial charge in [-0.2, -0.15) is 0 Å². The van der Waals surface area contributed by atoms with Crippen molar-refractivity contribution in [1.29, 1.82) is 0 Å². The second-order valence-electron chi connectivity index (χ2n) is 9.41. The smallest absolute Gasteiger partial charge is 0.408 e. The molecule has 3 aliphatic rings. The van der Waals surface area contributed by atoms with Crippen LogP contribution in [0.4, 0.5) is 4.79 Å². The monoisotopic (exact) mass is 464 g/mol. The third-order valence-electron chi connectivity index (χ3n) is 7.36. The summed E-state index contributed by atoms with van der Waals surface area (Å²) < 4.78 is 11.1. The Morgan fingerprint density at radius 3 is 2.09 bits per heavy atom. The summed E-state index contributed by atoms with van der Waals surface area (Å²) in [6.45, 7) is 0.842. The van der Waals surface area contributed by atoms with Crippen molar-refractivity contribution >= 4 is 18.0 Å². The maximum absolute atomic E-state index is 13.1. The molecule has 0 aromatic heterocycles. The molecule has 8 heteroatoms. The quantitative estimate of drug-likeness (QED) is 0.580. The van der Waals surface area contributed by atoms with Gasteiger partial charge in [0.25, 0.3) is 0 Å². The number of ether oxygens (including phenoxy) is 2. The molecule has 0 bridgehead atoms. The van der Waals surface area contributed by atoms with E-state index in [1.807, 2.05) is 36.4 Å². The van der Waals surface area contributed by atoms with Crippen LogP contribution < -0.4 is 10.6 Å². The molecule has 178 valence electrons. The minimum atomic E-state index is -1.19. The molecule has 8 nitrogen and oxygen atoms in total. The fourth-order valence-electron chi connectivity index (χ4n) is 4.99. The number of alkyl carbamates (subject to hydrolysis) is 1. The lowest BCUT2D eigenvalue weighted by Gasteiger charge is -2.36. The third kappa shape index (κ3) is 4.03. The molecule has 1 heterocycles. The summed E-state index contributed by atoms with van der Waals surface area (Å²) in [6, 6.07) is 16.2. The van der Waals surface area contributed by atoms with Crippen molar-refractivity contribution in [2.45, 2.75) is 37.1 Å². The SMILES string of the molecule is O=C(NC1(C(=O)NCC2(C(=O)O)CC2)CCOCC1)OCC1c2ccccc2-c2ccccc21. The van der Waals surface area contributed by atoms with Crippen LogP contribution in [0.25, 0.3) is 11.1 Å². The molecule has 2 aliphatic carbocycles. The van der Waals surface area contributed by atoms with Crippen molar-refractivity contribution in [2.24, 2.45) is 5.41 Å². The molecular formula is C26H28N2O6. The first-order chi connectivity index (χ1) is 16.4. The Bertz CT molecular complexity index is 1070. The van der Waals surface area contributed by atoms with E-state index in [0.29, 0.717) is 38.9 Å². The van der Waals surface area contributed by atoms with Crippen LogP contribution >= 0.6 is 0 Å². The summed E-state index contributed by atoms with van der Waals surface area (Å²) in [5.74, 6) is -1.38. The Kier molecular flexibility index (Phi) is 5.77. The summed E-state index contributed by atoms with van der Waals surface area (Å²) >= 11 is 0. The number of carbonyl (C=O) groups excluding carboxylic acids is 2. The van der Waals surface area contributed by atoms with Crippen molar-refractivity contribution in [3.05, 3.63) is 59.7 Å². The van der Waals surface area contributed by atoms with Crippen LogP contribution in [0.5, 0.6) is 0 Å². The van der Waals surface area contributed by atoms with Gasteiger partial charge < -0.3 is 25.2 Å². The molecular weight excluding hydrogens is 436 g/mol. The molecule has 3 N–H and O–H groups in total. The molecule has 0 unspecified atom stereocenters. The number of nitrogens with one attached hydrogen (secondary N) is 2. The first-order valence-electron chi connectivity index (χ1n) is 11.7. The van der Waals surface area contributed by atoms with Gasteiger partial charge in [-0.15, -0.1) is 0 Å². The zero-order chi connectivity index (χ0) is 23.8. The lowest BCUT2D eigenvalue weighted by molar-refractivity contribution is -0.143. The van der Waals surface area contributed by atoms with E-state index in [1.165, 1.54) is 0 Å². The number of rotatable bonds is 7. The second-order valence-corrected chi connectivity index (χ2v) is 9.41. The number of carboxylic acids is 1. The van der Waals surface area contributed by atoms with Gasteiger partial charge in [-0.1, -0.05) is 48.5 Å². The number of hydrogen-bond acceptors (Lipinski definition) is 5. The number of carbonyl (C=O) groups is 3. The standard InChI is InChI=1S/C26H28N2O6/c29-22(27-16-25(9-10-25)23(30)31)26(11-13-33-14-12-26)28-24(32)34-15-21-19-7-3-1-5-17(19)18-6-2-4-8-20(18)21/h1-8,21H,9-16H2,(H,27,29)(H,28,32)(H,30,31). The lowest BCUT2D eigenvalue weighted by Crippen LogP contribution is -2.62. The van der Waals surface area contributed by atoms with Gasteiger partial charge in [0.2, 0.25) is 5.91 Å². The molecule has 1 saturated carbocycles. The van der Waals surface area contributed by atoms with Crippen LogP contribution in [-0.2, 0) is 19.1 Å². The van der Waals surface area contributed by atoms with Gasteiger partial charge in [-0.25, -0.2) is 4.79 Å². The summed E-state index contributed by atoms with van der Waals surface area (Å²) in [5, 5.41) is 14.9. The molecule has 0 atom stereocenters. The molecule has 5 rings (SSSR count). The molecule has 2 fully saturated rings. The zero-order valence-corrected chi connectivity index (χ0v) is 18.8. The minimum absolute atomic E-state index is 0.0517. The molecule has 0 spiro atoms. The molecule has 2 aromatic carbocycles. The number of fused-ring (bicyclic) bond motifs is 3. The topological polar surface area (TPSA) is 114 Å². The van der Waals surface area contributed by atoms with Crippen LogP contribution in [0.1, 0.15) is 42.7 Å². The summed E-state index contributed by atoms with van der Waals surface area (Å²) in [7, 11) is 0. The normalized spacial score (nSPS) is 19.4. The highest BCUT2D eigenvalue weighted by atomic mass is 16.5. The van der Waals surface area contributed by atoms with Crippen molar-refractivity contribution in [2.75, 3.05) is 26.4 Å². The summed E-state index contributed by atoms with van der Waals surface area (Å²) in [5.41, 5.74) is 2.43. The van der Waals surface area contributed by atoms with E-state index >= 15 is 0 Å². The molecule has 34 heavy (non-hydrogen) atoms. The number of aliphatic carboxylic acids is 1. The minimum Gasteiger partial charge on any atom is -0.481 e. The van der Waals surface area contributed by atoms with Gasteiger partial charge in [0, 0.05) is 38.5 Å². The van der Waals surface area contributed by atoms with Crippen molar-refractivity contribution < 1.29 is 29.0 Å². The van der Waals surface area contributed by atoms with Crippen LogP contribution in [0, 0.1) is 5.41 Å². The second kappa shape index (κ2) is 8.76. The molecule has 2 amide bonds. The molecule has 1 saturated heterocycles. The van der Waals surface area contributed by atoms with Crippen molar-refractivity contribution in [1.82, 2.24) is 10.6 Å². The fourth-order valence-corrected chi connectivity index (χ4v) is 4.99. The van der Waals surface area contributed by atoms with Gasteiger partial charge >= 0.3 is 12.1 Å². The fraction of sp³-hybridized carbons (Fsp3) is 0.423. The van der Waals surface area contributed by atoms with E-state index in [1.54, 1.807) is 0 Å². The van der Waals surface area contributed by atoms with E-state index in [-0.39, 0.29) is 19.1 Å². The van der Waals surface area contributed by atoms with Crippen LogP contribution in [0.15, 0.2) is 48.5 Å². The Morgan fingerprint density at radius 1 is 0.941 bits per heavy atom. The zero-order valence-electron chi connectivity index (χ0n) is 18.8. The number of hydrogen-bond donors (Lipinski definition) is 3. The van der Waals surface area contributed by atoms with E-state index < -0.39 is 28.9 Å². The average Bonchev–Trinajstić information content (AvgIpc) is 3.59. The van der Waals surface area contributed by atoms with Gasteiger partial charge in [0.1, 0.15) is 12.1 Å². The van der Waals surface area contributed by atoms with Gasteiger partial charge in [0.15, 0.2) is 0 Å². The molecule has 2 aromatic rings. The Labute approximate surface area is 197 Å². The predicted octanol–water partition coefficient (Wildman–Crippen LogP) is 3.06. The van der Waals surface area contributed by atoms with Gasteiger partial charge in [0.05, 0.1) is 5.41 Å². The Hall–Kier alpha value is -3.39. The first-order valence-corrected chi connectivity index (χ1v) is 11.7. The Balaban J connectivity index is 1.26. The molecule has 0 radical (unpaired) electrons. The van der Waals surface area contributed by atoms with Crippen LogP contribution in [0.2, 0.25) is 0 Å². The highest BCUT2D eigenvalue weighted by molar-refractivity contribution is 5.91. The van der Waals surface area contributed by atoms with Gasteiger partial charge in [-0.05, 0) is 35.1 Å². The summed E-state index contributed by atoms with van der Waals surface area (Å²) in [6.07, 6.45) is 1.00. The Morgan fingerprint density at radius 2 is 1.53 bits per heavy atom. The first kappa shape index (κ1) is 22.4. The number of amides is 2. The van der Waals surface area contributed by atoms with Crippen LogP contribution in [0.3, 0.4) is 0 Å². The average molecular weight is 465 g/mol. The third-order valence-corrected chi connectivity index (χ3v) is 7.36. The van der Waals surface area contributed by atoms with Crippen molar-refractivity contribution in [3.8, 4) is 11.1 Å². The maximum atomic E-state index is 13.1. The van der Waals surface area contributed by atoms with E-state index in [4.69, 9.17) is 9.47 Å². The van der Waals surface area contributed by atoms with Gasteiger partial charge in [-0.3, -0.25) is 9.59 Å². The lowest BCUT2D eigenvalue weighted by atomic mass is 9.88. The number of carboxylic acid groups (broad SMARTS) is 1. The van der Waals surface area contributed by atoms with Crippen LogP contribution in [-0.4, -0.2) is 55.0 Å². The summed E-state index contributed by atoms with van der Waals surface area (Å²) in [4.78, 5) is 37.4. The van der Waals surface area contributed by atoms with E-state index in [9.17, 15) is 19.5 Å². The van der Waals surface area contributed by atoms with Crippen molar-refractivity contribution in [3.63, 3.8) is 0 Å². The maximum Gasteiger partial charge on any atom is 0.408 e. The largest absolute Gasteiger partial charge is 0.481 e. The predicted molar refractivity (Wildman–Crippen MR) is 123 cm³/mol. The highest BCUT2D eigenvalue weighted by Crippen LogP contribution is 2.46. The van der Waals surface area contributed by atoms with E-state index in [2.05, 4.69) is 22.8 Å². The highest BCUT2D eigenvalue weighted by Gasteiger charge is 2.51. The number of benzene rings is 2. The van der Waals surface area contributed by atoms with E-state index in [0.717, 1.165) is 22.3 Å². The molecule has 1 aliphatic heterocycles.